The van der Waals surface area contributed by atoms with Gasteiger partial charge in [0.2, 0.25) is 0 Å². The predicted molar refractivity (Wildman–Crippen MR) is 70.8 cm³/mol. The summed E-state index contributed by atoms with van der Waals surface area (Å²) in [6.45, 7) is 7.71. The SMILES string of the molecule is CCN(CC)c1cc(C(=O)NC2CC2)nc(C)n1. The van der Waals surface area contributed by atoms with Gasteiger partial charge >= 0.3 is 0 Å². The number of carbonyl (C=O) groups excluding carboxylic acids is 1. The summed E-state index contributed by atoms with van der Waals surface area (Å²) in [5.41, 5.74) is 0.469. The van der Waals surface area contributed by atoms with Crippen LogP contribution >= 0.6 is 0 Å². The Morgan fingerprint density at radius 1 is 1.39 bits per heavy atom. The fraction of sp³-hybridized carbons (Fsp3) is 0.615. The maximum Gasteiger partial charge on any atom is 0.270 e. The van der Waals surface area contributed by atoms with Crippen molar-refractivity contribution in [2.24, 2.45) is 0 Å². The zero-order valence-corrected chi connectivity index (χ0v) is 11.2. The van der Waals surface area contributed by atoms with Crippen LogP contribution in [0.5, 0.6) is 0 Å². The number of hydrogen-bond donors (Lipinski definition) is 1. The number of anilines is 1. The van der Waals surface area contributed by atoms with Crippen LogP contribution in [0.4, 0.5) is 5.82 Å². The van der Waals surface area contributed by atoms with Crippen molar-refractivity contribution in [3.05, 3.63) is 17.6 Å². The number of hydrogen-bond acceptors (Lipinski definition) is 4. The number of aryl methyl sites for hydroxylation is 1. The van der Waals surface area contributed by atoms with E-state index in [4.69, 9.17) is 0 Å². The third kappa shape index (κ3) is 2.97. The van der Waals surface area contributed by atoms with Crippen molar-refractivity contribution in [2.75, 3.05) is 18.0 Å². The van der Waals surface area contributed by atoms with Crippen LogP contribution in [0.25, 0.3) is 0 Å². The maximum atomic E-state index is 12.0. The molecule has 0 saturated heterocycles. The van der Waals surface area contributed by atoms with E-state index < -0.39 is 0 Å². The predicted octanol–water partition coefficient (Wildman–Crippen LogP) is 1.52. The van der Waals surface area contributed by atoms with Crippen molar-refractivity contribution in [3.63, 3.8) is 0 Å². The van der Waals surface area contributed by atoms with Gasteiger partial charge in [-0.15, -0.1) is 0 Å². The molecule has 1 saturated carbocycles. The summed E-state index contributed by atoms with van der Waals surface area (Å²) in [5.74, 6) is 1.38. The highest BCUT2D eigenvalue weighted by atomic mass is 16.2. The van der Waals surface area contributed by atoms with E-state index >= 15 is 0 Å². The first-order valence-electron chi connectivity index (χ1n) is 6.55. The average Bonchev–Trinajstić information content (AvgIpc) is 3.14. The van der Waals surface area contributed by atoms with Crippen molar-refractivity contribution in [1.29, 1.82) is 0 Å². The zero-order valence-electron chi connectivity index (χ0n) is 11.2. The molecule has 0 spiro atoms. The lowest BCUT2D eigenvalue weighted by Gasteiger charge is -2.20. The van der Waals surface area contributed by atoms with Crippen molar-refractivity contribution in [3.8, 4) is 0 Å². The molecule has 1 N–H and O–H groups in total. The van der Waals surface area contributed by atoms with Crippen LogP contribution in [0.2, 0.25) is 0 Å². The first-order valence-corrected chi connectivity index (χ1v) is 6.55. The van der Waals surface area contributed by atoms with E-state index in [1.807, 2.05) is 6.92 Å². The van der Waals surface area contributed by atoms with Gasteiger partial charge in [-0.3, -0.25) is 4.79 Å². The highest BCUT2D eigenvalue weighted by Crippen LogP contribution is 2.19. The molecule has 0 radical (unpaired) electrons. The van der Waals surface area contributed by atoms with E-state index in [1.165, 1.54) is 0 Å². The highest BCUT2D eigenvalue weighted by Gasteiger charge is 2.24. The van der Waals surface area contributed by atoms with Crippen LogP contribution in [0.3, 0.4) is 0 Å². The minimum atomic E-state index is -0.0867. The summed E-state index contributed by atoms with van der Waals surface area (Å²) < 4.78 is 0. The van der Waals surface area contributed by atoms with E-state index in [-0.39, 0.29) is 5.91 Å². The molecule has 1 aliphatic carbocycles. The summed E-state index contributed by atoms with van der Waals surface area (Å²) in [5, 5.41) is 2.95. The first-order chi connectivity index (χ1) is 8.63. The van der Waals surface area contributed by atoms with Crippen molar-refractivity contribution in [1.82, 2.24) is 15.3 Å². The Labute approximate surface area is 108 Å². The highest BCUT2D eigenvalue weighted by molar-refractivity contribution is 5.93. The molecule has 0 atom stereocenters. The molecule has 98 valence electrons. The molecule has 1 heterocycles. The molecule has 1 aliphatic rings. The Morgan fingerprint density at radius 3 is 2.61 bits per heavy atom. The zero-order chi connectivity index (χ0) is 13.1. The molecular formula is C13H20N4O. The normalized spacial score (nSPS) is 14.4. The van der Waals surface area contributed by atoms with E-state index in [0.29, 0.717) is 17.6 Å². The topological polar surface area (TPSA) is 58.1 Å². The molecule has 5 nitrogen and oxygen atoms in total. The number of nitrogens with zero attached hydrogens (tertiary/aromatic N) is 3. The van der Waals surface area contributed by atoms with Gasteiger partial charge in [-0.1, -0.05) is 0 Å². The summed E-state index contributed by atoms with van der Waals surface area (Å²) in [4.78, 5) is 22.7. The second kappa shape index (κ2) is 5.33. The number of amides is 1. The molecule has 5 heteroatoms. The molecule has 1 fully saturated rings. The van der Waals surface area contributed by atoms with Crippen molar-refractivity contribution >= 4 is 11.7 Å². The van der Waals surface area contributed by atoms with Crippen LogP contribution in [0.1, 0.15) is 43.0 Å². The van der Waals surface area contributed by atoms with Crippen LogP contribution in [-0.4, -0.2) is 35.0 Å². The summed E-state index contributed by atoms with van der Waals surface area (Å²) in [6, 6.07) is 2.13. The Balaban J connectivity index is 2.21. The van der Waals surface area contributed by atoms with Gasteiger partial charge in [0, 0.05) is 25.2 Å². The minimum Gasteiger partial charge on any atom is -0.357 e. The number of nitrogens with one attached hydrogen (secondary N) is 1. The second-order valence-electron chi connectivity index (χ2n) is 4.58. The Hall–Kier alpha value is -1.65. The van der Waals surface area contributed by atoms with Crippen LogP contribution in [-0.2, 0) is 0 Å². The molecule has 1 aromatic heterocycles. The van der Waals surface area contributed by atoms with Crippen molar-refractivity contribution in [2.45, 2.75) is 39.7 Å². The third-order valence-corrected chi connectivity index (χ3v) is 3.06. The summed E-state index contributed by atoms with van der Waals surface area (Å²) >= 11 is 0. The van der Waals surface area contributed by atoms with Gasteiger partial charge in [0.1, 0.15) is 17.3 Å². The first kappa shape index (κ1) is 12.8. The average molecular weight is 248 g/mol. The molecular weight excluding hydrogens is 228 g/mol. The van der Waals surface area contributed by atoms with Crippen molar-refractivity contribution < 1.29 is 4.79 Å². The van der Waals surface area contributed by atoms with Gasteiger partial charge in [-0.25, -0.2) is 9.97 Å². The summed E-state index contributed by atoms with van der Waals surface area (Å²) in [6.07, 6.45) is 2.16. The molecule has 0 aliphatic heterocycles. The lowest BCUT2D eigenvalue weighted by atomic mass is 10.3. The lowest BCUT2D eigenvalue weighted by Crippen LogP contribution is -2.28. The molecule has 0 unspecified atom stereocenters. The van der Waals surface area contributed by atoms with Gasteiger partial charge in [-0.05, 0) is 33.6 Å². The fourth-order valence-corrected chi connectivity index (χ4v) is 1.86. The molecule has 2 rings (SSSR count). The Morgan fingerprint density at radius 2 is 2.06 bits per heavy atom. The number of carbonyl (C=O) groups is 1. The number of rotatable bonds is 5. The molecule has 0 bridgehead atoms. The van der Waals surface area contributed by atoms with E-state index in [0.717, 1.165) is 31.7 Å². The van der Waals surface area contributed by atoms with Gasteiger partial charge in [0.25, 0.3) is 5.91 Å². The summed E-state index contributed by atoms with van der Waals surface area (Å²) in [7, 11) is 0. The Kier molecular flexibility index (Phi) is 3.79. The second-order valence-corrected chi connectivity index (χ2v) is 4.58. The molecule has 18 heavy (non-hydrogen) atoms. The molecule has 1 aromatic rings. The van der Waals surface area contributed by atoms with Gasteiger partial charge in [0.15, 0.2) is 0 Å². The van der Waals surface area contributed by atoms with E-state index in [9.17, 15) is 4.79 Å². The molecule has 0 aromatic carbocycles. The van der Waals surface area contributed by atoms with Crippen LogP contribution in [0, 0.1) is 6.92 Å². The van der Waals surface area contributed by atoms with Gasteiger partial charge in [-0.2, -0.15) is 0 Å². The minimum absolute atomic E-state index is 0.0867. The van der Waals surface area contributed by atoms with E-state index in [2.05, 4.69) is 34.0 Å². The van der Waals surface area contributed by atoms with Crippen LogP contribution < -0.4 is 10.2 Å². The Bertz CT molecular complexity index is 439. The largest absolute Gasteiger partial charge is 0.357 e. The third-order valence-electron chi connectivity index (χ3n) is 3.06. The lowest BCUT2D eigenvalue weighted by molar-refractivity contribution is 0.0945. The monoisotopic (exact) mass is 248 g/mol. The van der Waals surface area contributed by atoms with Crippen LogP contribution in [0.15, 0.2) is 6.07 Å². The quantitative estimate of drug-likeness (QED) is 0.858. The maximum absolute atomic E-state index is 12.0. The standard InChI is InChI=1S/C13H20N4O/c1-4-17(5-2)12-8-11(14-9(3)15-12)13(18)16-10-6-7-10/h8,10H,4-7H2,1-3H3,(H,16,18). The number of aromatic nitrogens is 2. The smallest absolute Gasteiger partial charge is 0.270 e. The van der Waals surface area contributed by atoms with E-state index in [1.54, 1.807) is 6.07 Å². The van der Waals surface area contributed by atoms with Gasteiger partial charge in [0.05, 0.1) is 0 Å². The fourth-order valence-electron chi connectivity index (χ4n) is 1.86. The molecule has 1 amide bonds. The van der Waals surface area contributed by atoms with Gasteiger partial charge < -0.3 is 10.2 Å².